The molecule has 1 saturated heterocycles. The molecule has 1 heterocycles. The van der Waals surface area contributed by atoms with Crippen LogP contribution in [0.3, 0.4) is 0 Å². The smallest absolute Gasteiger partial charge is 0.311 e. The largest absolute Gasteiger partial charge is 0.496 e. The van der Waals surface area contributed by atoms with E-state index in [9.17, 15) is 14.7 Å². The number of carboxylic acids is 1. The molecule has 2 rings (SSSR count). The molecule has 1 fully saturated rings. The molecular formula is C16H20BrNO4. The number of carboxylic acid groups (broad SMARTS) is 1. The van der Waals surface area contributed by atoms with Crippen molar-refractivity contribution in [3.8, 4) is 5.75 Å². The van der Waals surface area contributed by atoms with E-state index in [2.05, 4.69) is 15.9 Å². The molecule has 1 atom stereocenters. The fourth-order valence-corrected chi connectivity index (χ4v) is 3.10. The molecule has 22 heavy (non-hydrogen) atoms. The topological polar surface area (TPSA) is 66.8 Å². The zero-order chi connectivity index (χ0) is 16.3. The molecule has 5 nitrogen and oxygen atoms in total. The number of hydrogen-bond acceptors (Lipinski definition) is 3. The molecule has 0 aliphatic carbocycles. The van der Waals surface area contributed by atoms with Crippen molar-refractivity contribution in [3.05, 3.63) is 28.2 Å². The van der Waals surface area contributed by atoms with Crippen molar-refractivity contribution in [3.63, 3.8) is 0 Å². The zero-order valence-electron chi connectivity index (χ0n) is 12.8. The molecule has 0 bridgehead atoms. The molecular weight excluding hydrogens is 350 g/mol. The highest BCUT2D eigenvalue weighted by Crippen LogP contribution is 2.31. The maximum atomic E-state index is 12.3. The highest BCUT2D eigenvalue weighted by atomic mass is 79.9. The first-order valence-corrected chi connectivity index (χ1v) is 7.98. The first-order valence-electron chi connectivity index (χ1n) is 7.19. The summed E-state index contributed by atoms with van der Waals surface area (Å²) in [4.78, 5) is 25.2. The number of aliphatic carboxylic acids is 1. The van der Waals surface area contributed by atoms with Crippen molar-refractivity contribution in [1.82, 2.24) is 4.90 Å². The van der Waals surface area contributed by atoms with Gasteiger partial charge >= 0.3 is 5.97 Å². The average Bonchev–Trinajstić information content (AvgIpc) is 2.89. The monoisotopic (exact) mass is 369 g/mol. The number of aryl methyl sites for hydroxylation is 1. The highest BCUT2D eigenvalue weighted by Gasteiger charge is 2.41. The second kappa shape index (κ2) is 6.69. The van der Waals surface area contributed by atoms with Crippen LogP contribution in [0.15, 0.2) is 22.7 Å². The van der Waals surface area contributed by atoms with Gasteiger partial charge in [-0.3, -0.25) is 9.59 Å². The van der Waals surface area contributed by atoms with Crippen LogP contribution >= 0.6 is 15.9 Å². The Morgan fingerprint density at radius 1 is 1.45 bits per heavy atom. The van der Waals surface area contributed by atoms with E-state index in [1.165, 1.54) is 0 Å². The van der Waals surface area contributed by atoms with Crippen LogP contribution in [0.1, 0.15) is 25.3 Å². The summed E-state index contributed by atoms with van der Waals surface area (Å²) in [5.74, 6) is -0.0868. The van der Waals surface area contributed by atoms with Crippen molar-refractivity contribution in [2.75, 3.05) is 20.2 Å². The van der Waals surface area contributed by atoms with Crippen molar-refractivity contribution >= 4 is 27.8 Å². The van der Waals surface area contributed by atoms with Crippen LogP contribution in [0.5, 0.6) is 5.75 Å². The lowest BCUT2D eigenvalue weighted by Crippen LogP contribution is -2.34. The van der Waals surface area contributed by atoms with Crippen LogP contribution in [0.2, 0.25) is 0 Å². The van der Waals surface area contributed by atoms with Crippen molar-refractivity contribution < 1.29 is 19.4 Å². The molecule has 0 spiro atoms. The van der Waals surface area contributed by atoms with Gasteiger partial charge in [-0.05, 0) is 43.5 Å². The van der Waals surface area contributed by atoms with Crippen LogP contribution in [-0.2, 0) is 16.0 Å². The Labute approximate surface area is 138 Å². The van der Waals surface area contributed by atoms with Crippen molar-refractivity contribution in [2.24, 2.45) is 5.41 Å². The summed E-state index contributed by atoms with van der Waals surface area (Å²) in [6.45, 7) is 2.49. The number of nitrogens with zero attached hydrogens (tertiary/aromatic N) is 1. The number of carbonyl (C=O) groups is 2. The number of likely N-dealkylation sites (tertiary alicyclic amines) is 1. The summed E-state index contributed by atoms with van der Waals surface area (Å²) in [5, 5.41) is 9.22. The third kappa shape index (κ3) is 3.61. The highest BCUT2D eigenvalue weighted by molar-refractivity contribution is 9.10. The maximum Gasteiger partial charge on any atom is 0.311 e. The summed E-state index contributed by atoms with van der Waals surface area (Å²) >= 11 is 3.41. The molecule has 120 valence electrons. The van der Waals surface area contributed by atoms with Gasteiger partial charge in [-0.15, -0.1) is 0 Å². The molecule has 0 saturated carbocycles. The molecule has 0 radical (unpaired) electrons. The van der Waals surface area contributed by atoms with Crippen molar-refractivity contribution in [2.45, 2.75) is 26.2 Å². The van der Waals surface area contributed by atoms with E-state index >= 15 is 0 Å². The van der Waals surface area contributed by atoms with Gasteiger partial charge in [0.1, 0.15) is 5.75 Å². The van der Waals surface area contributed by atoms with Gasteiger partial charge < -0.3 is 14.7 Å². The minimum absolute atomic E-state index is 0.00740. The Kier molecular flexibility index (Phi) is 5.11. The van der Waals surface area contributed by atoms with Crippen LogP contribution in [-0.4, -0.2) is 42.1 Å². The SMILES string of the molecule is COc1ccc(Br)cc1CCC(=O)N1CCC(C)(C(=O)O)C1. The fraction of sp³-hybridized carbons (Fsp3) is 0.500. The third-order valence-corrected chi connectivity index (χ3v) is 4.69. The zero-order valence-corrected chi connectivity index (χ0v) is 14.4. The van der Waals surface area contributed by atoms with E-state index < -0.39 is 11.4 Å². The number of rotatable bonds is 5. The Morgan fingerprint density at radius 3 is 2.77 bits per heavy atom. The number of methoxy groups -OCH3 is 1. The van der Waals surface area contributed by atoms with Gasteiger partial charge in [-0.2, -0.15) is 0 Å². The van der Waals surface area contributed by atoms with Gasteiger partial charge in [-0.25, -0.2) is 0 Å². The molecule has 1 N–H and O–H groups in total. The first kappa shape index (κ1) is 16.8. The number of hydrogen-bond donors (Lipinski definition) is 1. The van der Waals surface area contributed by atoms with Crippen LogP contribution in [0.25, 0.3) is 0 Å². The van der Waals surface area contributed by atoms with Gasteiger partial charge in [0.05, 0.1) is 12.5 Å². The number of amides is 1. The van der Waals surface area contributed by atoms with Crippen LogP contribution in [0.4, 0.5) is 0 Å². The average molecular weight is 370 g/mol. The Balaban J connectivity index is 1.97. The van der Waals surface area contributed by atoms with Gasteiger partial charge in [0.25, 0.3) is 0 Å². The molecule has 1 aliphatic heterocycles. The normalized spacial score (nSPS) is 21.0. The lowest BCUT2D eigenvalue weighted by Gasteiger charge is -2.20. The number of benzene rings is 1. The van der Waals surface area contributed by atoms with Gasteiger partial charge in [0, 0.05) is 24.0 Å². The summed E-state index contributed by atoms with van der Waals surface area (Å²) in [5.41, 5.74) is 0.147. The minimum Gasteiger partial charge on any atom is -0.496 e. The minimum atomic E-state index is -0.837. The Morgan fingerprint density at radius 2 is 2.18 bits per heavy atom. The maximum absolute atomic E-state index is 12.3. The quantitative estimate of drug-likeness (QED) is 0.866. The second-order valence-corrected chi connectivity index (χ2v) is 6.80. The number of halogens is 1. The van der Waals surface area contributed by atoms with Crippen LogP contribution in [0, 0.1) is 5.41 Å². The predicted molar refractivity (Wildman–Crippen MR) is 86.0 cm³/mol. The molecule has 1 unspecified atom stereocenters. The van der Waals surface area contributed by atoms with Gasteiger partial charge in [0.2, 0.25) is 5.91 Å². The van der Waals surface area contributed by atoms with Crippen LogP contribution < -0.4 is 4.74 Å². The van der Waals surface area contributed by atoms with Crippen molar-refractivity contribution in [1.29, 1.82) is 0 Å². The summed E-state index contributed by atoms with van der Waals surface area (Å²) in [7, 11) is 1.60. The summed E-state index contributed by atoms with van der Waals surface area (Å²) < 4.78 is 6.24. The van der Waals surface area contributed by atoms with E-state index in [0.29, 0.717) is 25.8 Å². The summed E-state index contributed by atoms with van der Waals surface area (Å²) in [6, 6.07) is 5.70. The fourth-order valence-electron chi connectivity index (χ4n) is 2.69. The predicted octanol–water partition coefficient (Wildman–Crippen LogP) is 2.71. The van der Waals surface area contributed by atoms with E-state index in [-0.39, 0.29) is 12.5 Å². The Hall–Kier alpha value is -1.56. The van der Waals surface area contributed by atoms with E-state index in [0.717, 1.165) is 15.8 Å². The molecule has 1 aromatic rings. The van der Waals surface area contributed by atoms with E-state index in [1.54, 1.807) is 18.9 Å². The van der Waals surface area contributed by atoms with E-state index in [4.69, 9.17) is 4.74 Å². The van der Waals surface area contributed by atoms with Gasteiger partial charge in [-0.1, -0.05) is 15.9 Å². The number of carbonyl (C=O) groups excluding carboxylic acids is 1. The molecule has 1 amide bonds. The Bertz CT molecular complexity index is 590. The standard InChI is InChI=1S/C16H20BrNO4/c1-16(15(20)21)7-8-18(10-16)14(19)6-3-11-9-12(17)4-5-13(11)22-2/h4-5,9H,3,6-8,10H2,1-2H3,(H,20,21). The van der Waals surface area contributed by atoms with E-state index in [1.807, 2.05) is 18.2 Å². The second-order valence-electron chi connectivity index (χ2n) is 5.89. The molecule has 1 aliphatic rings. The molecule has 6 heteroatoms. The molecule has 0 aromatic heterocycles. The summed E-state index contributed by atoms with van der Waals surface area (Å²) in [6.07, 6.45) is 1.43. The third-order valence-electron chi connectivity index (χ3n) is 4.19. The molecule has 1 aromatic carbocycles. The lowest BCUT2D eigenvalue weighted by molar-refractivity contribution is -0.147. The lowest BCUT2D eigenvalue weighted by atomic mass is 9.90. The first-order chi connectivity index (χ1) is 10.4. The van der Waals surface area contributed by atoms with Gasteiger partial charge in [0.15, 0.2) is 0 Å². The number of ether oxygens (including phenoxy) is 1.